The first kappa shape index (κ1) is 11.8. The highest BCUT2D eigenvalue weighted by Gasteiger charge is 1.91. The molecule has 1 aromatic carbocycles. The third kappa shape index (κ3) is 4.67. The minimum absolute atomic E-state index is 0.136. The van der Waals surface area contributed by atoms with Gasteiger partial charge in [0.1, 0.15) is 0 Å². The van der Waals surface area contributed by atoms with Gasteiger partial charge in [0.15, 0.2) is 5.12 Å². The second kappa shape index (κ2) is 6.27. The average Bonchev–Trinajstić information content (AvgIpc) is 2.24. The van der Waals surface area contributed by atoms with Gasteiger partial charge in [-0.15, -0.1) is 0 Å². The Morgan fingerprint density at radius 1 is 1.60 bits per heavy atom. The number of carbonyl (C=O) groups excluding carboxylic acids is 1. The van der Waals surface area contributed by atoms with E-state index >= 15 is 0 Å². The van der Waals surface area contributed by atoms with Crippen LogP contribution < -0.4 is 11.3 Å². The summed E-state index contributed by atoms with van der Waals surface area (Å²) >= 11 is 1.29. The first-order valence-corrected chi connectivity index (χ1v) is 5.57. The van der Waals surface area contributed by atoms with Crippen molar-refractivity contribution >= 4 is 28.6 Å². The molecule has 0 spiro atoms. The van der Waals surface area contributed by atoms with Crippen LogP contribution in [-0.4, -0.2) is 10.9 Å². The van der Waals surface area contributed by atoms with Crippen LogP contribution in [0.1, 0.15) is 12.5 Å². The van der Waals surface area contributed by atoms with E-state index in [-0.39, 0.29) is 5.12 Å². The summed E-state index contributed by atoms with van der Waals surface area (Å²) in [7, 11) is 0. The number of nitrogens with two attached hydrogens (primary N) is 1. The molecule has 3 nitrogen and oxygen atoms in total. The van der Waals surface area contributed by atoms with E-state index < -0.39 is 0 Å². The van der Waals surface area contributed by atoms with Crippen molar-refractivity contribution in [1.82, 2.24) is 0 Å². The van der Waals surface area contributed by atoms with Crippen LogP contribution in [0.3, 0.4) is 0 Å². The molecule has 0 aliphatic carbocycles. The summed E-state index contributed by atoms with van der Waals surface area (Å²) in [6.07, 6.45) is 3.93. The second-order valence-corrected chi connectivity index (χ2v) is 4.17. The van der Waals surface area contributed by atoms with Crippen LogP contribution in [-0.2, 0) is 4.79 Å². The minimum atomic E-state index is 0.136. The zero-order valence-corrected chi connectivity index (χ0v) is 9.38. The quantitative estimate of drug-likeness (QED) is 0.606. The van der Waals surface area contributed by atoms with Gasteiger partial charge >= 0.3 is 0 Å². The number of benzene rings is 1. The highest BCUT2D eigenvalue weighted by Crippen LogP contribution is 2.11. The first-order valence-electron chi connectivity index (χ1n) is 4.59. The molecule has 0 amide bonds. The standard InChI is InChI=1S/C11H14N2OS/c1-9(14)15-7-3-5-10-4-2-6-11(8-10)13-12/h2-6,8,13H,7,12H2,1H3. The summed E-state index contributed by atoms with van der Waals surface area (Å²) in [5, 5.41) is 0.136. The monoisotopic (exact) mass is 222 g/mol. The van der Waals surface area contributed by atoms with Gasteiger partial charge in [0, 0.05) is 18.4 Å². The summed E-state index contributed by atoms with van der Waals surface area (Å²) in [6.45, 7) is 1.57. The van der Waals surface area contributed by atoms with Crippen molar-refractivity contribution in [1.29, 1.82) is 0 Å². The lowest BCUT2D eigenvalue weighted by Gasteiger charge is -1.99. The fraction of sp³-hybridized carbons (Fsp3) is 0.182. The lowest BCUT2D eigenvalue weighted by Crippen LogP contribution is -2.06. The maximum Gasteiger partial charge on any atom is 0.186 e. The maximum atomic E-state index is 10.7. The van der Waals surface area contributed by atoms with Crippen LogP contribution in [0.5, 0.6) is 0 Å². The topological polar surface area (TPSA) is 55.1 Å². The van der Waals surface area contributed by atoms with E-state index in [1.165, 1.54) is 11.8 Å². The predicted octanol–water partition coefficient (Wildman–Crippen LogP) is 2.27. The molecule has 0 atom stereocenters. The molecule has 3 N–H and O–H groups in total. The van der Waals surface area contributed by atoms with Gasteiger partial charge < -0.3 is 5.43 Å². The van der Waals surface area contributed by atoms with Gasteiger partial charge in [0.2, 0.25) is 0 Å². The molecule has 1 aromatic rings. The van der Waals surface area contributed by atoms with E-state index in [1.807, 2.05) is 36.4 Å². The number of anilines is 1. The summed E-state index contributed by atoms with van der Waals surface area (Å²) < 4.78 is 0. The van der Waals surface area contributed by atoms with Crippen molar-refractivity contribution in [3.63, 3.8) is 0 Å². The summed E-state index contributed by atoms with van der Waals surface area (Å²) in [4.78, 5) is 10.7. The van der Waals surface area contributed by atoms with Crippen molar-refractivity contribution in [2.45, 2.75) is 6.92 Å². The molecule has 0 saturated carbocycles. The first-order chi connectivity index (χ1) is 7.22. The van der Waals surface area contributed by atoms with Crippen LogP contribution >= 0.6 is 11.8 Å². The average molecular weight is 222 g/mol. The Balaban J connectivity index is 2.52. The van der Waals surface area contributed by atoms with Gasteiger partial charge in [-0.2, -0.15) is 0 Å². The number of rotatable bonds is 4. The van der Waals surface area contributed by atoms with E-state index in [0.717, 1.165) is 11.3 Å². The van der Waals surface area contributed by atoms with Crippen molar-refractivity contribution in [3.8, 4) is 0 Å². The maximum absolute atomic E-state index is 10.7. The fourth-order valence-corrected chi connectivity index (χ4v) is 1.51. The van der Waals surface area contributed by atoms with E-state index in [1.54, 1.807) is 6.92 Å². The Kier molecular flexibility index (Phi) is 4.93. The summed E-state index contributed by atoms with van der Waals surface area (Å²) in [6, 6.07) is 7.74. The zero-order valence-electron chi connectivity index (χ0n) is 8.57. The SMILES string of the molecule is CC(=O)SCC=Cc1cccc(NN)c1. The number of nitrogen functional groups attached to an aromatic ring is 1. The number of thioether (sulfide) groups is 1. The van der Waals surface area contributed by atoms with Crippen LogP contribution in [0.4, 0.5) is 5.69 Å². The molecule has 0 saturated heterocycles. The summed E-state index contributed by atoms with van der Waals surface area (Å²) in [5.74, 6) is 5.99. The lowest BCUT2D eigenvalue weighted by atomic mass is 10.2. The van der Waals surface area contributed by atoms with Crippen LogP contribution in [0.25, 0.3) is 6.08 Å². The Hall–Kier alpha value is -1.26. The van der Waals surface area contributed by atoms with E-state index in [9.17, 15) is 4.79 Å². The Labute approximate surface area is 93.7 Å². The van der Waals surface area contributed by atoms with Crippen LogP contribution in [0.15, 0.2) is 30.3 Å². The molecule has 0 unspecified atom stereocenters. The number of hydrazine groups is 1. The Morgan fingerprint density at radius 3 is 3.07 bits per heavy atom. The Morgan fingerprint density at radius 2 is 2.40 bits per heavy atom. The van der Waals surface area contributed by atoms with E-state index in [0.29, 0.717) is 5.75 Å². The van der Waals surface area contributed by atoms with Crippen molar-refractivity contribution in [3.05, 3.63) is 35.9 Å². The molecule has 0 bridgehead atoms. The highest BCUT2D eigenvalue weighted by atomic mass is 32.2. The van der Waals surface area contributed by atoms with Gasteiger partial charge in [0.05, 0.1) is 0 Å². The normalized spacial score (nSPS) is 10.5. The fourth-order valence-electron chi connectivity index (χ4n) is 1.08. The van der Waals surface area contributed by atoms with Gasteiger partial charge in [0.25, 0.3) is 0 Å². The molecule has 15 heavy (non-hydrogen) atoms. The van der Waals surface area contributed by atoms with Crippen LogP contribution in [0, 0.1) is 0 Å². The molecule has 0 aliphatic rings. The molecular formula is C11H14N2OS. The van der Waals surface area contributed by atoms with Crippen molar-refractivity contribution < 1.29 is 4.79 Å². The predicted molar refractivity (Wildman–Crippen MR) is 66.4 cm³/mol. The summed E-state index contributed by atoms with van der Waals surface area (Å²) in [5.41, 5.74) is 4.52. The van der Waals surface area contributed by atoms with E-state index in [4.69, 9.17) is 5.84 Å². The molecule has 80 valence electrons. The molecule has 0 fully saturated rings. The molecular weight excluding hydrogens is 208 g/mol. The lowest BCUT2D eigenvalue weighted by molar-refractivity contribution is -0.109. The third-order valence-corrected chi connectivity index (χ3v) is 2.51. The largest absolute Gasteiger partial charge is 0.324 e. The molecule has 4 heteroatoms. The number of nitrogens with one attached hydrogen (secondary N) is 1. The van der Waals surface area contributed by atoms with Gasteiger partial charge in [-0.05, 0) is 17.7 Å². The van der Waals surface area contributed by atoms with Gasteiger partial charge in [-0.3, -0.25) is 10.6 Å². The van der Waals surface area contributed by atoms with E-state index in [2.05, 4.69) is 5.43 Å². The zero-order chi connectivity index (χ0) is 11.1. The molecule has 0 heterocycles. The Bertz CT molecular complexity index is 363. The highest BCUT2D eigenvalue weighted by molar-refractivity contribution is 8.13. The smallest absolute Gasteiger partial charge is 0.186 e. The third-order valence-electron chi connectivity index (χ3n) is 1.75. The molecule has 0 radical (unpaired) electrons. The number of carbonyl (C=O) groups is 1. The van der Waals surface area contributed by atoms with Gasteiger partial charge in [-0.1, -0.05) is 36.0 Å². The van der Waals surface area contributed by atoms with Crippen molar-refractivity contribution in [2.24, 2.45) is 5.84 Å². The molecule has 0 aromatic heterocycles. The number of hydrogen-bond acceptors (Lipinski definition) is 4. The molecule has 1 rings (SSSR count). The second-order valence-electron chi connectivity index (χ2n) is 2.97. The van der Waals surface area contributed by atoms with Gasteiger partial charge in [-0.25, -0.2) is 0 Å². The minimum Gasteiger partial charge on any atom is -0.324 e. The van der Waals surface area contributed by atoms with Crippen molar-refractivity contribution in [2.75, 3.05) is 11.2 Å². The van der Waals surface area contributed by atoms with Crippen LogP contribution in [0.2, 0.25) is 0 Å². The molecule has 0 aliphatic heterocycles. The number of hydrogen-bond donors (Lipinski definition) is 2.